The van der Waals surface area contributed by atoms with Crippen LogP contribution >= 0.6 is 11.8 Å². The highest BCUT2D eigenvalue weighted by molar-refractivity contribution is 7.99. The molecular weight excluding hydrogens is 372 g/mol. The molecule has 0 saturated carbocycles. The van der Waals surface area contributed by atoms with E-state index < -0.39 is 0 Å². The molecule has 0 saturated heterocycles. The smallest absolute Gasteiger partial charge is 0.261 e. The van der Waals surface area contributed by atoms with Crippen molar-refractivity contribution in [2.45, 2.75) is 25.3 Å². The summed E-state index contributed by atoms with van der Waals surface area (Å²) in [6.07, 6.45) is 3.11. The topological polar surface area (TPSA) is 66.5 Å². The Hall–Kier alpha value is -2.60. The Bertz CT molecular complexity index is 893. The van der Waals surface area contributed by atoms with Crippen LogP contribution in [-0.4, -0.2) is 40.7 Å². The normalized spacial score (nSPS) is 18.0. The zero-order chi connectivity index (χ0) is 19.5. The number of nitrogens with one attached hydrogen (secondary N) is 1. The maximum atomic E-state index is 12.3. The minimum absolute atomic E-state index is 0.00550. The minimum Gasteiger partial charge on any atom is -0.349 e. The third kappa shape index (κ3) is 3.69. The molecule has 3 amide bonds. The molecule has 1 atom stereocenters. The Morgan fingerprint density at radius 1 is 1.04 bits per heavy atom. The van der Waals surface area contributed by atoms with Gasteiger partial charge < -0.3 is 5.32 Å². The van der Waals surface area contributed by atoms with Crippen LogP contribution in [0.4, 0.5) is 0 Å². The van der Waals surface area contributed by atoms with Crippen LogP contribution in [0, 0.1) is 0 Å². The largest absolute Gasteiger partial charge is 0.349 e. The lowest BCUT2D eigenvalue weighted by Gasteiger charge is -2.26. The second-order valence-corrected chi connectivity index (χ2v) is 8.18. The van der Waals surface area contributed by atoms with Crippen LogP contribution < -0.4 is 5.32 Å². The number of hydrogen-bond donors (Lipinski definition) is 1. The number of carbonyl (C=O) groups excluding carboxylic acids is 3. The summed E-state index contributed by atoms with van der Waals surface area (Å²) in [7, 11) is 0. The van der Waals surface area contributed by atoms with E-state index in [1.165, 1.54) is 27.8 Å². The number of hydrogen-bond acceptors (Lipinski definition) is 4. The average Bonchev–Trinajstić information content (AvgIpc) is 2.96. The van der Waals surface area contributed by atoms with Gasteiger partial charge in [-0.3, -0.25) is 19.3 Å². The minimum atomic E-state index is -0.246. The van der Waals surface area contributed by atoms with Crippen LogP contribution in [0.2, 0.25) is 0 Å². The molecule has 1 heterocycles. The maximum absolute atomic E-state index is 12.3. The van der Waals surface area contributed by atoms with Crippen molar-refractivity contribution in [1.29, 1.82) is 0 Å². The number of rotatable bonds is 6. The van der Waals surface area contributed by atoms with Crippen molar-refractivity contribution >= 4 is 29.5 Å². The fourth-order valence-electron chi connectivity index (χ4n) is 3.90. The van der Waals surface area contributed by atoms with Crippen molar-refractivity contribution in [2.24, 2.45) is 0 Å². The summed E-state index contributed by atoms with van der Waals surface area (Å²) in [6.45, 7) is 0.316. The van der Waals surface area contributed by atoms with E-state index in [0.29, 0.717) is 29.2 Å². The fourth-order valence-corrected chi connectivity index (χ4v) is 4.63. The summed E-state index contributed by atoms with van der Waals surface area (Å²) in [6, 6.07) is 15.2. The van der Waals surface area contributed by atoms with E-state index in [1.807, 2.05) is 12.1 Å². The Balaban J connectivity index is 1.25. The summed E-state index contributed by atoms with van der Waals surface area (Å²) >= 11 is 1.44. The molecule has 0 radical (unpaired) electrons. The summed E-state index contributed by atoms with van der Waals surface area (Å²) in [5.41, 5.74) is 3.47. The van der Waals surface area contributed by atoms with Gasteiger partial charge in [0.2, 0.25) is 5.91 Å². The SMILES string of the molecule is O=C(CSCCN1C(=O)c2ccccc2C1=O)N[C@H]1CCCc2ccccc21. The van der Waals surface area contributed by atoms with Crippen molar-refractivity contribution in [3.8, 4) is 0 Å². The Morgan fingerprint density at radius 2 is 1.71 bits per heavy atom. The molecule has 144 valence electrons. The maximum Gasteiger partial charge on any atom is 0.261 e. The van der Waals surface area contributed by atoms with E-state index in [4.69, 9.17) is 0 Å². The monoisotopic (exact) mass is 394 g/mol. The lowest BCUT2D eigenvalue weighted by Crippen LogP contribution is -2.33. The number of aryl methyl sites for hydroxylation is 1. The van der Waals surface area contributed by atoms with Gasteiger partial charge in [-0.1, -0.05) is 36.4 Å². The molecule has 0 bridgehead atoms. The first-order chi connectivity index (χ1) is 13.6. The molecule has 0 unspecified atom stereocenters. The van der Waals surface area contributed by atoms with Gasteiger partial charge in [0.15, 0.2) is 0 Å². The average molecular weight is 394 g/mol. The first-order valence-electron chi connectivity index (χ1n) is 9.55. The summed E-state index contributed by atoms with van der Waals surface area (Å²) in [5, 5.41) is 3.13. The molecular formula is C22H22N2O3S. The standard InChI is InChI=1S/C22H22N2O3S/c25-20(23-19-11-5-7-15-6-1-2-8-16(15)19)14-28-13-12-24-21(26)17-9-3-4-10-18(17)22(24)27/h1-4,6,8-10,19H,5,7,11-14H2,(H,23,25)/t19-/m0/s1. The summed E-state index contributed by atoms with van der Waals surface area (Å²) in [5.74, 6) is 0.366. The molecule has 2 aliphatic rings. The van der Waals surface area contributed by atoms with Gasteiger partial charge in [-0.05, 0) is 42.5 Å². The molecule has 6 heteroatoms. The number of benzene rings is 2. The van der Waals surface area contributed by atoms with Gasteiger partial charge in [0.05, 0.1) is 22.9 Å². The lowest BCUT2D eigenvalue weighted by atomic mass is 9.88. The van der Waals surface area contributed by atoms with Gasteiger partial charge >= 0.3 is 0 Å². The molecule has 2 aromatic carbocycles. The molecule has 4 rings (SSSR count). The van der Waals surface area contributed by atoms with Crippen LogP contribution in [0.15, 0.2) is 48.5 Å². The zero-order valence-electron chi connectivity index (χ0n) is 15.5. The molecule has 1 N–H and O–H groups in total. The first-order valence-corrected chi connectivity index (χ1v) is 10.7. The van der Waals surface area contributed by atoms with E-state index in [9.17, 15) is 14.4 Å². The van der Waals surface area contributed by atoms with E-state index in [0.717, 1.165) is 19.3 Å². The van der Waals surface area contributed by atoms with Gasteiger partial charge in [-0.15, -0.1) is 0 Å². The van der Waals surface area contributed by atoms with Crippen molar-refractivity contribution in [3.05, 3.63) is 70.8 Å². The highest BCUT2D eigenvalue weighted by Gasteiger charge is 2.34. The Labute approximate surface area is 168 Å². The predicted molar refractivity (Wildman–Crippen MR) is 109 cm³/mol. The molecule has 0 fully saturated rings. The molecule has 0 spiro atoms. The summed E-state index contributed by atoms with van der Waals surface area (Å²) in [4.78, 5) is 38.3. The number of imide groups is 1. The second kappa shape index (κ2) is 8.19. The molecule has 1 aliphatic heterocycles. The van der Waals surface area contributed by atoms with E-state index in [2.05, 4.69) is 17.4 Å². The summed E-state index contributed by atoms with van der Waals surface area (Å²) < 4.78 is 0. The van der Waals surface area contributed by atoms with Gasteiger partial charge in [-0.2, -0.15) is 11.8 Å². The molecule has 28 heavy (non-hydrogen) atoms. The van der Waals surface area contributed by atoms with Gasteiger partial charge in [0.25, 0.3) is 11.8 Å². The van der Waals surface area contributed by atoms with Crippen LogP contribution in [0.5, 0.6) is 0 Å². The predicted octanol–water partition coefficient (Wildman–Crippen LogP) is 3.21. The molecule has 2 aromatic rings. The molecule has 1 aliphatic carbocycles. The second-order valence-electron chi connectivity index (χ2n) is 7.07. The third-order valence-corrected chi connectivity index (χ3v) is 6.21. The number of fused-ring (bicyclic) bond motifs is 2. The van der Waals surface area contributed by atoms with Gasteiger partial charge in [0, 0.05) is 12.3 Å². The van der Waals surface area contributed by atoms with Crippen molar-refractivity contribution < 1.29 is 14.4 Å². The quantitative estimate of drug-likeness (QED) is 0.604. The highest BCUT2D eigenvalue weighted by Crippen LogP contribution is 2.29. The highest BCUT2D eigenvalue weighted by atomic mass is 32.2. The first kappa shape index (κ1) is 18.7. The van der Waals surface area contributed by atoms with Crippen molar-refractivity contribution in [2.75, 3.05) is 18.1 Å². The van der Waals surface area contributed by atoms with Crippen LogP contribution in [-0.2, 0) is 11.2 Å². The fraction of sp³-hybridized carbons (Fsp3) is 0.318. The third-order valence-electron chi connectivity index (χ3n) is 5.28. The molecule has 0 aromatic heterocycles. The number of nitrogens with zero attached hydrogens (tertiary/aromatic N) is 1. The van der Waals surface area contributed by atoms with E-state index in [1.54, 1.807) is 24.3 Å². The lowest BCUT2D eigenvalue weighted by molar-refractivity contribution is -0.119. The van der Waals surface area contributed by atoms with Crippen LogP contribution in [0.25, 0.3) is 0 Å². The van der Waals surface area contributed by atoms with Crippen LogP contribution in [0.1, 0.15) is 50.7 Å². The Morgan fingerprint density at radius 3 is 2.46 bits per heavy atom. The Kier molecular flexibility index (Phi) is 5.48. The number of amides is 3. The molecule has 5 nitrogen and oxygen atoms in total. The van der Waals surface area contributed by atoms with Crippen molar-refractivity contribution in [3.63, 3.8) is 0 Å². The van der Waals surface area contributed by atoms with E-state index in [-0.39, 0.29) is 23.8 Å². The zero-order valence-corrected chi connectivity index (χ0v) is 16.3. The van der Waals surface area contributed by atoms with Crippen molar-refractivity contribution in [1.82, 2.24) is 10.2 Å². The number of carbonyl (C=O) groups is 3. The number of thioether (sulfide) groups is 1. The van der Waals surface area contributed by atoms with Crippen LogP contribution in [0.3, 0.4) is 0 Å². The van der Waals surface area contributed by atoms with Gasteiger partial charge in [0.1, 0.15) is 0 Å². The van der Waals surface area contributed by atoms with E-state index >= 15 is 0 Å². The van der Waals surface area contributed by atoms with Gasteiger partial charge in [-0.25, -0.2) is 0 Å².